The summed E-state index contributed by atoms with van der Waals surface area (Å²) in [6.07, 6.45) is 0. The zero-order chi connectivity index (χ0) is 12.3. The highest BCUT2D eigenvalue weighted by atomic mass is 79.9. The van der Waals surface area contributed by atoms with Crippen molar-refractivity contribution in [3.63, 3.8) is 0 Å². The van der Waals surface area contributed by atoms with Crippen molar-refractivity contribution < 1.29 is 9.90 Å². The van der Waals surface area contributed by atoms with E-state index in [4.69, 9.17) is 0 Å². The Morgan fingerprint density at radius 1 is 1.56 bits per heavy atom. The first-order valence-electron chi connectivity index (χ1n) is 5.11. The molecule has 0 aliphatic heterocycles. The molecule has 0 aliphatic carbocycles. The number of hydrogen-bond acceptors (Lipinski definition) is 2. The van der Waals surface area contributed by atoms with E-state index in [1.165, 1.54) is 0 Å². The minimum atomic E-state index is -0.163. The number of hydrogen-bond donors (Lipinski definition) is 1. The summed E-state index contributed by atoms with van der Waals surface area (Å²) < 4.78 is 0. The quantitative estimate of drug-likeness (QED) is 0.867. The Labute approximate surface area is 104 Å². The monoisotopic (exact) mass is 285 g/mol. The van der Waals surface area contributed by atoms with E-state index in [0.717, 1.165) is 5.56 Å². The van der Waals surface area contributed by atoms with Crippen molar-refractivity contribution in [1.82, 2.24) is 4.90 Å². The molecule has 1 rings (SSSR count). The molecular weight excluding hydrogens is 270 g/mol. The molecule has 88 valence electrons. The van der Waals surface area contributed by atoms with Crippen molar-refractivity contribution >= 4 is 21.8 Å². The van der Waals surface area contributed by atoms with Gasteiger partial charge in [-0.15, -0.1) is 0 Å². The van der Waals surface area contributed by atoms with E-state index in [9.17, 15) is 9.90 Å². The molecule has 3 nitrogen and oxygen atoms in total. The summed E-state index contributed by atoms with van der Waals surface area (Å²) in [7, 11) is 1.72. The third-order valence-electron chi connectivity index (χ3n) is 2.26. The Morgan fingerprint density at radius 2 is 2.19 bits per heavy atom. The Balaban J connectivity index is 2.88. The van der Waals surface area contributed by atoms with Crippen molar-refractivity contribution in [2.75, 3.05) is 13.6 Å². The fraction of sp³-hybridized carbons (Fsp3) is 0.417. The van der Waals surface area contributed by atoms with Gasteiger partial charge in [0.25, 0.3) is 5.91 Å². The Kier molecular flexibility index (Phi) is 4.35. The van der Waals surface area contributed by atoms with Crippen LogP contribution in [0.4, 0.5) is 0 Å². The molecule has 1 atom stereocenters. The van der Waals surface area contributed by atoms with Crippen LogP contribution in [0.1, 0.15) is 22.8 Å². The molecule has 16 heavy (non-hydrogen) atoms. The minimum Gasteiger partial charge on any atom is -0.507 e. The topological polar surface area (TPSA) is 40.5 Å². The zero-order valence-electron chi connectivity index (χ0n) is 9.70. The van der Waals surface area contributed by atoms with Gasteiger partial charge in [0, 0.05) is 18.4 Å². The van der Waals surface area contributed by atoms with Gasteiger partial charge in [0.1, 0.15) is 5.75 Å². The molecule has 1 aromatic carbocycles. The number of rotatable bonds is 3. The van der Waals surface area contributed by atoms with E-state index in [1.807, 2.05) is 19.9 Å². The van der Waals surface area contributed by atoms with Gasteiger partial charge >= 0.3 is 0 Å². The number of benzene rings is 1. The van der Waals surface area contributed by atoms with Crippen LogP contribution in [0.2, 0.25) is 0 Å². The number of phenols is 1. The van der Waals surface area contributed by atoms with Gasteiger partial charge in [-0.05, 0) is 24.6 Å². The van der Waals surface area contributed by atoms with Crippen LogP contribution in [0.5, 0.6) is 5.75 Å². The molecule has 0 fully saturated rings. The summed E-state index contributed by atoms with van der Waals surface area (Å²) >= 11 is 3.39. The average Bonchev–Trinajstić information content (AvgIpc) is 2.15. The minimum absolute atomic E-state index is 0.0408. The molecule has 0 aliphatic rings. The highest BCUT2D eigenvalue weighted by molar-refractivity contribution is 9.09. The molecule has 1 N–H and O–H groups in total. The van der Waals surface area contributed by atoms with Crippen LogP contribution in [0.15, 0.2) is 18.2 Å². The van der Waals surface area contributed by atoms with Gasteiger partial charge in [-0.25, -0.2) is 0 Å². The van der Waals surface area contributed by atoms with Crippen LogP contribution in [-0.4, -0.2) is 34.3 Å². The van der Waals surface area contributed by atoms with Crippen LogP contribution in [0.3, 0.4) is 0 Å². The lowest BCUT2D eigenvalue weighted by Gasteiger charge is -2.19. The summed E-state index contributed by atoms with van der Waals surface area (Å²) in [6, 6.07) is 5.07. The summed E-state index contributed by atoms with van der Waals surface area (Å²) in [4.78, 5) is 13.8. The van der Waals surface area contributed by atoms with Crippen LogP contribution in [0, 0.1) is 6.92 Å². The lowest BCUT2D eigenvalue weighted by Crippen LogP contribution is -2.31. The van der Waals surface area contributed by atoms with Crippen molar-refractivity contribution in [2.45, 2.75) is 18.7 Å². The van der Waals surface area contributed by atoms with Gasteiger partial charge in [-0.3, -0.25) is 4.79 Å². The molecule has 1 unspecified atom stereocenters. The second kappa shape index (κ2) is 5.34. The van der Waals surface area contributed by atoms with Crippen molar-refractivity contribution in [2.24, 2.45) is 0 Å². The Hall–Kier alpha value is -1.03. The van der Waals surface area contributed by atoms with Gasteiger partial charge in [-0.1, -0.05) is 28.9 Å². The third kappa shape index (κ3) is 3.23. The molecule has 0 spiro atoms. The molecule has 0 heterocycles. The Bertz CT molecular complexity index is 391. The predicted octanol–water partition coefficient (Wildman–Crippen LogP) is 2.56. The van der Waals surface area contributed by atoms with Gasteiger partial charge in [0.05, 0.1) is 5.56 Å². The molecule has 1 amide bonds. The summed E-state index contributed by atoms with van der Waals surface area (Å²) in [5, 5.41) is 9.69. The molecule has 0 saturated heterocycles. The molecule has 0 radical (unpaired) electrons. The fourth-order valence-corrected chi connectivity index (χ4v) is 1.92. The number of aromatic hydroxyl groups is 1. The highest BCUT2D eigenvalue weighted by Gasteiger charge is 2.16. The van der Waals surface area contributed by atoms with E-state index >= 15 is 0 Å². The maximum atomic E-state index is 12.0. The third-order valence-corrected chi connectivity index (χ3v) is 2.55. The number of nitrogens with zero attached hydrogens (tertiary/aromatic N) is 1. The standard InChI is InChI=1S/C12H16BrNO2/c1-8-4-5-10(11(15)6-8)12(16)14(3)7-9(2)13/h4-6,9,15H,7H2,1-3H3. The number of carbonyl (C=O) groups excluding carboxylic acids is 1. The molecule has 0 aromatic heterocycles. The van der Waals surface area contributed by atoms with Gasteiger partial charge in [0.2, 0.25) is 0 Å². The number of amides is 1. The summed E-state index contributed by atoms with van der Waals surface area (Å²) in [5.74, 6) is -0.122. The maximum Gasteiger partial charge on any atom is 0.257 e. The van der Waals surface area contributed by atoms with E-state index in [0.29, 0.717) is 12.1 Å². The second-order valence-electron chi connectivity index (χ2n) is 3.99. The number of aryl methyl sites for hydroxylation is 1. The Morgan fingerprint density at radius 3 is 2.69 bits per heavy atom. The zero-order valence-corrected chi connectivity index (χ0v) is 11.3. The first-order chi connectivity index (χ1) is 7.41. The normalized spacial score (nSPS) is 12.2. The molecule has 0 saturated carbocycles. The number of phenolic OH excluding ortho intramolecular Hbond substituents is 1. The van der Waals surface area contributed by atoms with Crippen LogP contribution < -0.4 is 0 Å². The lowest BCUT2D eigenvalue weighted by molar-refractivity contribution is 0.0794. The fourth-order valence-electron chi connectivity index (χ4n) is 1.49. The van der Waals surface area contributed by atoms with Crippen LogP contribution in [0.25, 0.3) is 0 Å². The van der Waals surface area contributed by atoms with Crippen LogP contribution >= 0.6 is 15.9 Å². The summed E-state index contributed by atoms with van der Waals surface area (Å²) in [5.41, 5.74) is 1.28. The lowest BCUT2D eigenvalue weighted by atomic mass is 10.1. The van der Waals surface area contributed by atoms with Crippen molar-refractivity contribution in [3.05, 3.63) is 29.3 Å². The predicted molar refractivity (Wildman–Crippen MR) is 68.2 cm³/mol. The average molecular weight is 286 g/mol. The van der Waals surface area contributed by atoms with Crippen molar-refractivity contribution in [1.29, 1.82) is 0 Å². The van der Waals surface area contributed by atoms with E-state index in [1.54, 1.807) is 24.1 Å². The van der Waals surface area contributed by atoms with E-state index in [2.05, 4.69) is 15.9 Å². The molecule has 4 heteroatoms. The smallest absolute Gasteiger partial charge is 0.257 e. The summed E-state index contributed by atoms with van der Waals surface area (Å²) in [6.45, 7) is 4.45. The van der Waals surface area contributed by atoms with E-state index in [-0.39, 0.29) is 16.5 Å². The largest absolute Gasteiger partial charge is 0.507 e. The second-order valence-corrected chi connectivity index (χ2v) is 5.55. The number of halogens is 1. The highest BCUT2D eigenvalue weighted by Crippen LogP contribution is 2.20. The first-order valence-corrected chi connectivity index (χ1v) is 6.02. The van der Waals surface area contributed by atoms with Crippen LogP contribution in [-0.2, 0) is 0 Å². The SMILES string of the molecule is Cc1ccc(C(=O)N(C)CC(C)Br)c(O)c1. The number of alkyl halides is 1. The molecule has 0 bridgehead atoms. The maximum absolute atomic E-state index is 12.0. The number of carbonyl (C=O) groups is 1. The van der Waals surface area contributed by atoms with Gasteiger partial charge in [0.15, 0.2) is 0 Å². The first kappa shape index (κ1) is 13.0. The van der Waals surface area contributed by atoms with Gasteiger partial charge in [-0.2, -0.15) is 0 Å². The molecular formula is C12H16BrNO2. The molecule has 1 aromatic rings. The van der Waals surface area contributed by atoms with Gasteiger partial charge < -0.3 is 10.0 Å². The van der Waals surface area contributed by atoms with Crippen molar-refractivity contribution in [3.8, 4) is 5.75 Å². The van der Waals surface area contributed by atoms with E-state index < -0.39 is 0 Å².